The molecule has 0 N–H and O–H groups in total. The van der Waals surface area contributed by atoms with Gasteiger partial charge in [-0.15, -0.1) is 0 Å². The smallest absolute Gasteiger partial charge is 0.275 e. The third kappa shape index (κ3) is 4.42. The molecule has 1 aliphatic rings. The van der Waals surface area contributed by atoms with Gasteiger partial charge in [0.15, 0.2) is 0 Å². The third-order valence-electron chi connectivity index (χ3n) is 5.79. The molecule has 2 aromatic carbocycles. The Morgan fingerprint density at radius 3 is 2.61 bits per heavy atom. The number of nitrogens with zero attached hydrogens (tertiary/aromatic N) is 5. The molecule has 1 aliphatic heterocycles. The fourth-order valence-corrected chi connectivity index (χ4v) is 4.92. The number of piperazine rings is 1. The van der Waals surface area contributed by atoms with Crippen molar-refractivity contribution in [2.45, 2.75) is 13.5 Å². The van der Waals surface area contributed by atoms with Crippen molar-refractivity contribution in [1.82, 2.24) is 24.4 Å². The molecular formula is C24H22FN5O2S. The summed E-state index contributed by atoms with van der Waals surface area (Å²) in [5.74, 6) is -0.298. The average Bonchev–Trinajstić information content (AvgIpc) is 3.24. The van der Waals surface area contributed by atoms with Gasteiger partial charge in [-0.25, -0.2) is 9.37 Å². The van der Waals surface area contributed by atoms with E-state index in [2.05, 4.69) is 15.0 Å². The minimum absolute atomic E-state index is 0.0556. The third-order valence-corrected chi connectivity index (χ3v) is 6.75. The molecule has 1 saturated heterocycles. The highest BCUT2D eigenvalue weighted by molar-refractivity contribution is 7.19. The molecule has 5 rings (SSSR count). The summed E-state index contributed by atoms with van der Waals surface area (Å²) in [6, 6.07) is 15.2. The van der Waals surface area contributed by atoms with Crippen molar-refractivity contribution >= 4 is 22.2 Å². The lowest BCUT2D eigenvalue weighted by Gasteiger charge is -2.34. The van der Waals surface area contributed by atoms with Crippen LogP contribution in [0.1, 0.15) is 21.6 Å². The molecular weight excluding hydrogens is 441 g/mol. The van der Waals surface area contributed by atoms with E-state index in [4.69, 9.17) is 0 Å². The quantitative estimate of drug-likeness (QED) is 0.465. The number of benzene rings is 2. The summed E-state index contributed by atoms with van der Waals surface area (Å²) in [5.41, 5.74) is 2.73. The first-order valence-corrected chi connectivity index (χ1v) is 11.5. The maximum Gasteiger partial charge on any atom is 0.275 e. The first kappa shape index (κ1) is 21.4. The molecule has 33 heavy (non-hydrogen) atoms. The number of halogens is 1. The van der Waals surface area contributed by atoms with E-state index in [0.717, 1.165) is 11.1 Å². The number of aryl methyl sites for hydroxylation is 1. The van der Waals surface area contributed by atoms with Crippen LogP contribution in [0.25, 0.3) is 15.5 Å². The molecule has 0 aliphatic carbocycles. The molecule has 2 aromatic heterocycles. The second kappa shape index (κ2) is 8.84. The molecule has 168 valence electrons. The Morgan fingerprint density at radius 1 is 1.06 bits per heavy atom. The highest BCUT2D eigenvalue weighted by atomic mass is 32.1. The SMILES string of the molecule is Cc1ccccc1C(=O)N1CCN(Cc2cc(=O)n3nc(-c4cccc(F)c4)sc3n2)CC1. The Balaban J connectivity index is 1.29. The highest BCUT2D eigenvalue weighted by Crippen LogP contribution is 2.25. The van der Waals surface area contributed by atoms with Gasteiger partial charge in [0.1, 0.15) is 10.8 Å². The van der Waals surface area contributed by atoms with Crippen LogP contribution in [-0.2, 0) is 6.54 Å². The Morgan fingerprint density at radius 2 is 1.85 bits per heavy atom. The van der Waals surface area contributed by atoms with Crippen molar-refractivity contribution in [3.63, 3.8) is 0 Å². The molecule has 1 fully saturated rings. The summed E-state index contributed by atoms with van der Waals surface area (Å²) < 4.78 is 14.8. The number of fused-ring (bicyclic) bond motifs is 1. The second-order valence-electron chi connectivity index (χ2n) is 8.08. The molecule has 0 unspecified atom stereocenters. The zero-order chi connectivity index (χ0) is 22.9. The number of carbonyl (C=O) groups excluding carboxylic acids is 1. The number of aromatic nitrogens is 3. The lowest BCUT2D eigenvalue weighted by molar-refractivity contribution is 0.0626. The van der Waals surface area contributed by atoms with Gasteiger partial charge in [-0.1, -0.05) is 41.7 Å². The topological polar surface area (TPSA) is 70.8 Å². The summed E-state index contributed by atoms with van der Waals surface area (Å²) >= 11 is 1.26. The van der Waals surface area contributed by atoms with Crippen molar-refractivity contribution in [2.24, 2.45) is 0 Å². The molecule has 0 atom stereocenters. The fourth-order valence-electron chi connectivity index (χ4n) is 4.00. The van der Waals surface area contributed by atoms with Crippen LogP contribution < -0.4 is 5.56 Å². The summed E-state index contributed by atoms with van der Waals surface area (Å²) in [7, 11) is 0. The minimum Gasteiger partial charge on any atom is -0.336 e. The Hall–Kier alpha value is -3.43. The van der Waals surface area contributed by atoms with E-state index >= 15 is 0 Å². The molecule has 4 aromatic rings. The molecule has 0 bridgehead atoms. The largest absolute Gasteiger partial charge is 0.336 e. The summed E-state index contributed by atoms with van der Waals surface area (Å²) in [6.07, 6.45) is 0. The van der Waals surface area contributed by atoms with Gasteiger partial charge in [0.05, 0.1) is 5.69 Å². The maximum absolute atomic E-state index is 13.6. The van der Waals surface area contributed by atoms with Crippen LogP contribution in [0.5, 0.6) is 0 Å². The zero-order valence-electron chi connectivity index (χ0n) is 18.1. The van der Waals surface area contributed by atoms with Crippen LogP contribution in [0.15, 0.2) is 59.4 Å². The molecule has 0 spiro atoms. The monoisotopic (exact) mass is 463 g/mol. The van der Waals surface area contributed by atoms with E-state index in [0.29, 0.717) is 53.9 Å². The molecule has 1 amide bonds. The molecule has 3 heterocycles. The number of amides is 1. The van der Waals surface area contributed by atoms with Gasteiger partial charge in [-0.05, 0) is 30.7 Å². The van der Waals surface area contributed by atoms with Crippen molar-refractivity contribution < 1.29 is 9.18 Å². The Labute approximate surface area is 193 Å². The van der Waals surface area contributed by atoms with E-state index in [1.165, 1.54) is 34.1 Å². The number of rotatable bonds is 4. The van der Waals surface area contributed by atoms with Crippen LogP contribution in [0.2, 0.25) is 0 Å². The van der Waals surface area contributed by atoms with Gasteiger partial charge in [0, 0.05) is 49.9 Å². The fraction of sp³-hybridized carbons (Fsp3) is 0.250. The number of hydrogen-bond acceptors (Lipinski definition) is 6. The van der Waals surface area contributed by atoms with Gasteiger partial charge in [0.2, 0.25) is 4.96 Å². The lowest BCUT2D eigenvalue weighted by atomic mass is 10.1. The van der Waals surface area contributed by atoms with Gasteiger partial charge < -0.3 is 4.90 Å². The maximum atomic E-state index is 13.6. The van der Waals surface area contributed by atoms with Gasteiger partial charge in [-0.2, -0.15) is 9.61 Å². The second-order valence-corrected chi connectivity index (χ2v) is 9.04. The van der Waals surface area contributed by atoms with Crippen molar-refractivity contribution in [2.75, 3.05) is 26.2 Å². The first-order valence-electron chi connectivity index (χ1n) is 10.7. The molecule has 7 nitrogen and oxygen atoms in total. The summed E-state index contributed by atoms with van der Waals surface area (Å²) in [4.78, 5) is 34.6. The Kier molecular flexibility index (Phi) is 5.74. The summed E-state index contributed by atoms with van der Waals surface area (Å²) in [6.45, 7) is 5.12. The lowest BCUT2D eigenvalue weighted by Crippen LogP contribution is -2.48. The van der Waals surface area contributed by atoms with Crippen molar-refractivity contribution in [3.8, 4) is 10.6 Å². The van der Waals surface area contributed by atoms with Crippen LogP contribution in [-0.4, -0.2) is 56.5 Å². The van der Waals surface area contributed by atoms with Crippen molar-refractivity contribution in [3.05, 3.63) is 87.6 Å². The van der Waals surface area contributed by atoms with E-state index in [-0.39, 0.29) is 17.3 Å². The average molecular weight is 464 g/mol. The van der Waals surface area contributed by atoms with Crippen LogP contribution in [0, 0.1) is 12.7 Å². The summed E-state index contributed by atoms with van der Waals surface area (Å²) in [5, 5.41) is 4.85. The van der Waals surface area contributed by atoms with E-state index in [1.807, 2.05) is 36.1 Å². The van der Waals surface area contributed by atoms with Crippen LogP contribution in [0.3, 0.4) is 0 Å². The minimum atomic E-state index is -0.354. The van der Waals surface area contributed by atoms with Crippen LogP contribution >= 0.6 is 11.3 Å². The van der Waals surface area contributed by atoms with Gasteiger partial charge in [0.25, 0.3) is 11.5 Å². The number of hydrogen-bond donors (Lipinski definition) is 0. The molecule has 0 radical (unpaired) electrons. The van der Waals surface area contributed by atoms with E-state index < -0.39 is 0 Å². The molecule has 0 saturated carbocycles. The predicted octanol–water partition coefficient (Wildman–Crippen LogP) is 3.22. The normalized spacial score (nSPS) is 14.7. The van der Waals surface area contributed by atoms with Gasteiger partial charge in [-0.3, -0.25) is 14.5 Å². The predicted molar refractivity (Wildman–Crippen MR) is 125 cm³/mol. The van der Waals surface area contributed by atoms with E-state index in [1.54, 1.807) is 12.1 Å². The Bertz CT molecular complexity index is 1390. The van der Waals surface area contributed by atoms with Gasteiger partial charge >= 0.3 is 0 Å². The van der Waals surface area contributed by atoms with E-state index in [9.17, 15) is 14.0 Å². The van der Waals surface area contributed by atoms with Crippen molar-refractivity contribution in [1.29, 1.82) is 0 Å². The molecule has 9 heteroatoms. The highest BCUT2D eigenvalue weighted by Gasteiger charge is 2.23. The standard InChI is InChI=1S/C24H22FN5O2S/c1-16-5-2-3-8-20(16)23(32)29-11-9-28(10-12-29)15-19-14-21(31)30-24(26-19)33-22(27-30)17-6-4-7-18(25)13-17/h2-8,13-14H,9-12,15H2,1H3. The van der Waals surface area contributed by atoms with Crippen LogP contribution in [0.4, 0.5) is 4.39 Å². The number of carbonyl (C=O) groups is 1. The zero-order valence-corrected chi connectivity index (χ0v) is 18.9. The first-order chi connectivity index (χ1) is 16.0.